The van der Waals surface area contributed by atoms with Crippen molar-refractivity contribution in [1.82, 2.24) is 29.6 Å². The molecule has 0 saturated carbocycles. The van der Waals surface area contributed by atoms with E-state index in [1.54, 1.807) is 29.2 Å². The molecule has 0 bridgehead atoms. The summed E-state index contributed by atoms with van der Waals surface area (Å²) in [6, 6.07) is 20.0. The molecule has 4 aromatic carbocycles. The lowest BCUT2D eigenvalue weighted by Crippen LogP contribution is -2.54. The topological polar surface area (TPSA) is 252 Å². The van der Waals surface area contributed by atoms with E-state index in [2.05, 4.69) is 51.1 Å². The number of nitrogens with one attached hydrogen (secondary N) is 4. The summed E-state index contributed by atoms with van der Waals surface area (Å²) in [6.45, 7) is 13.3. The number of alkyl halides is 5. The summed E-state index contributed by atoms with van der Waals surface area (Å²) in [4.78, 5) is 98.3. The molecule has 4 heterocycles. The number of sulfonamides is 1. The first-order valence-electron chi connectivity index (χ1n) is 30.9. The van der Waals surface area contributed by atoms with Crippen molar-refractivity contribution in [2.75, 3.05) is 86.7 Å². The van der Waals surface area contributed by atoms with Crippen LogP contribution in [-0.4, -0.2) is 173 Å². The van der Waals surface area contributed by atoms with E-state index in [9.17, 15) is 72.3 Å². The molecule has 4 aliphatic heterocycles. The van der Waals surface area contributed by atoms with Gasteiger partial charge in [-0.05, 0) is 136 Å². The molecule has 2 atom stereocenters. The van der Waals surface area contributed by atoms with Gasteiger partial charge in [0.15, 0.2) is 0 Å². The van der Waals surface area contributed by atoms with E-state index in [-0.39, 0.29) is 83.6 Å². The normalized spacial score (nSPS) is 18.8. The van der Waals surface area contributed by atoms with Crippen molar-refractivity contribution < 1.29 is 72.3 Å². The Morgan fingerprint density at radius 1 is 0.774 bits per heavy atom. The van der Waals surface area contributed by atoms with Gasteiger partial charge in [-0.25, -0.2) is 30.3 Å². The molecule has 9 rings (SSSR count). The van der Waals surface area contributed by atoms with Crippen LogP contribution in [0.3, 0.4) is 0 Å². The summed E-state index contributed by atoms with van der Waals surface area (Å²) in [5.41, 5.74) is -3.12. The molecule has 4 N–H and O–H groups in total. The van der Waals surface area contributed by atoms with Crippen molar-refractivity contribution in [3.63, 3.8) is 0 Å². The van der Waals surface area contributed by atoms with Crippen molar-refractivity contribution in [1.29, 1.82) is 0 Å². The Morgan fingerprint density at radius 3 is 2.14 bits per heavy atom. The molecule has 1 aliphatic carbocycles. The first-order chi connectivity index (χ1) is 44.1. The molecule has 0 aromatic heterocycles. The second kappa shape index (κ2) is 29.8. The molecular weight excluding hydrogens is 1270 g/mol. The summed E-state index contributed by atoms with van der Waals surface area (Å²) < 4.78 is 126. The Morgan fingerprint density at radius 2 is 1.46 bits per heavy atom. The number of benzene rings is 4. The minimum atomic E-state index is -6.20. The van der Waals surface area contributed by atoms with Crippen LogP contribution in [0.1, 0.15) is 122 Å². The van der Waals surface area contributed by atoms with E-state index < -0.39 is 94.8 Å². The summed E-state index contributed by atoms with van der Waals surface area (Å²) in [5, 5.41) is 7.79. The van der Waals surface area contributed by atoms with Gasteiger partial charge in [-0.15, -0.1) is 11.8 Å². The number of rotatable bonds is 26. The van der Waals surface area contributed by atoms with Gasteiger partial charge >= 0.3 is 5.51 Å². The quantitative estimate of drug-likeness (QED) is 0.0150. The molecule has 3 fully saturated rings. The van der Waals surface area contributed by atoms with Crippen LogP contribution in [0.15, 0.2) is 129 Å². The summed E-state index contributed by atoms with van der Waals surface area (Å²) in [6.07, 6.45) is 1.96. The number of halogens is 5. The van der Waals surface area contributed by atoms with E-state index >= 15 is 0 Å². The number of carbonyl (C=O) groups is 7. The highest BCUT2D eigenvalue weighted by atomic mass is 32.2. The van der Waals surface area contributed by atoms with Gasteiger partial charge in [0.2, 0.25) is 23.6 Å². The molecule has 1 unspecified atom stereocenters. The predicted octanol–water partition coefficient (Wildman–Crippen LogP) is 9.04. The van der Waals surface area contributed by atoms with Crippen molar-refractivity contribution >= 4 is 90.0 Å². The largest absolute Gasteiger partial charge is 0.501 e. The molecule has 500 valence electrons. The van der Waals surface area contributed by atoms with Gasteiger partial charge < -0.3 is 20.4 Å². The highest BCUT2D eigenvalue weighted by molar-refractivity contribution is 7.99. The first kappa shape index (κ1) is 69.8. The fraction of sp³-hybridized carbons (Fsp3) is 0.462. The third-order valence-electron chi connectivity index (χ3n) is 17.6. The number of unbranched alkanes of at least 4 members (excludes halogenated alkanes) is 1. The molecule has 5 aliphatic rings. The number of fused-ring (bicyclic) bond motifs is 1. The first-order valence-corrected chi connectivity index (χ1v) is 34.9. The minimum Gasteiger partial charge on any atom is -0.380 e. The Bertz CT molecular complexity index is 3760. The predicted molar refractivity (Wildman–Crippen MR) is 341 cm³/mol. The summed E-state index contributed by atoms with van der Waals surface area (Å²) >= 11 is 1.36. The van der Waals surface area contributed by atoms with Gasteiger partial charge in [-0.3, -0.25) is 53.6 Å². The Kier molecular flexibility index (Phi) is 22.4. The van der Waals surface area contributed by atoms with Crippen LogP contribution in [0.4, 0.5) is 39.0 Å². The zero-order chi connectivity index (χ0) is 67.0. The van der Waals surface area contributed by atoms with Gasteiger partial charge in [0.05, 0.1) is 27.4 Å². The number of hydrogen-bond donors (Lipinski definition) is 4. The average Bonchev–Trinajstić information content (AvgIpc) is 1.72. The number of amides is 7. The third-order valence-corrected chi connectivity index (χ3v) is 21.6. The maximum Gasteiger partial charge on any atom is 0.501 e. The lowest BCUT2D eigenvalue weighted by molar-refractivity contribution is -0.136. The summed E-state index contributed by atoms with van der Waals surface area (Å²) in [5.74, 6) is -4.24. The number of nitrogens with zero attached hydrogens (tertiary/aromatic N) is 5. The van der Waals surface area contributed by atoms with Crippen LogP contribution in [0.25, 0.3) is 0 Å². The van der Waals surface area contributed by atoms with E-state index in [0.717, 1.165) is 53.4 Å². The van der Waals surface area contributed by atoms with E-state index in [4.69, 9.17) is 0 Å². The number of piperazine rings is 2. The van der Waals surface area contributed by atoms with Crippen molar-refractivity contribution in [2.45, 2.75) is 130 Å². The minimum absolute atomic E-state index is 0.0112. The van der Waals surface area contributed by atoms with Crippen LogP contribution in [-0.2, 0) is 39.0 Å². The van der Waals surface area contributed by atoms with Gasteiger partial charge in [0.25, 0.3) is 44.0 Å². The highest BCUT2D eigenvalue weighted by Gasteiger charge is 2.49. The van der Waals surface area contributed by atoms with Gasteiger partial charge in [0, 0.05) is 113 Å². The molecule has 0 radical (unpaired) electrons. The van der Waals surface area contributed by atoms with Crippen molar-refractivity contribution in [3.8, 4) is 0 Å². The number of carbonyl (C=O) groups excluding carboxylic acids is 7. The van der Waals surface area contributed by atoms with Crippen LogP contribution in [0, 0.1) is 5.41 Å². The monoisotopic (exact) mass is 1350 g/mol. The zero-order valence-electron chi connectivity index (χ0n) is 51.7. The second-order valence-electron chi connectivity index (χ2n) is 24.8. The standard InChI is InChI=1S/C65H76F5N9O11S3/c1-42(59(66)67)16-17-44-39-64(2,3)28-26-45(44)40-76-32-34-77(35-33-76)47-20-18-43(19-21-47)60(83)74-93(89,90)49-22-23-51(54(38-49)92(87,88)65(68,69)70)71-46(41-91-48-10-5-4-6-11-48)27-29-75-30-36-78(37-31-75)57(82)15-8-7-14-55(80)72-52-13-9-12-50-58(52)63(86)79(62(50)85)53-24-25-56(81)73-61(53)84/h4-6,9-13,18-23,38,46,53,59,71H,1,7-8,14-17,24-37,39-41H2,2-3H3,(H,72,80)(H,74,83)(H,73,81,84)/t46-,53?/m1/s1. The number of allylic oxidation sites excluding steroid dienone is 2. The average molecular weight is 1350 g/mol. The van der Waals surface area contributed by atoms with Gasteiger partial charge in [-0.1, -0.05) is 55.8 Å². The van der Waals surface area contributed by atoms with Crippen molar-refractivity contribution in [2.24, 2.45) is 5.41 Å². The molecular formula is C65H76F5N9O11S3. The van der Waals surface area contributed by atoms with Crippen LogP contribution >= 0.6 is 11.8 Å². The number of imide groups is 2. The maximum atomic E-state index is 14.5. The van der Waals surface area contributed by atoms with Crippen LogP contribution in [0.2, 0.25) is 0 Å². The third kappa shape index (κ3) is 17.4. The summed E-state index contributed by atoms with van der Waals surface area (Å²) in [7, 11) is -11.2. The highest BCUT2D eigenvalue weighted by Crippen LogP contribution is 2.42. The number of hydrogen-bond acceptors (Lipinski definition) is 16. The Hall–Kier alpha value is -7.53. The van der Waals surface area contributed by atoms with Gasteiger partial charge in [0.1, 0.15) is 10.9 Å². The molecule has 0 spiro atoms. The molecule has 20 nitrogen and oxygen atoms in total. The number of piperidine rings is 1. The molecule has 3 saturated heterocycles. The number of sulfone groups is 1. The number of thioether (sulfide) groups is 1. The lowest BCUT2D eigenvalue weighted by Gasteiger charge is -2.39. The van der Waals surface area contributed by atoms with Gasteiger partial charge in [-0.2, -0.15) is 13.2 Å². The number of anilines is 3. The fourth-order valence-corrected chi connectivity index (χ4v) is 15.2. The molecule has 93 heavy (non-hydrogen) atoms. The van der Waals surface area contributed by atoms with Crippen molar-refractivity contribution in [3.05, 3.63) is 131 Å². The molecule has 28 heteroatoms. The van der Waals surface area contributed by atoms with E-state index in [1.165, 1.54) is 53.2 Å². The van der Waals surface area contributed by atoms with Crippen LogP contribution < -0.4 is 25.6 Å². The smallest absolute Gasteiger partial charge is 0.380 e. The Balaban J connectivity index is 0.771. The maximum absolute atomic E-state index is 14.5. The SMILES string of the molecule is C=C(CCC1=C(CN2CCN(c3ccc(C(=O)NS(=O)(=O)c4ccc(N[C@H](CCN5CCN(C(=O)CCCCC(=O)Nc6cccc7c6C(=O)N(C6CCC(=O)NC6=O)C7=O)CC5)CSc5ccccc5)c(S(=O)(=O)C(F)(F)F)c4)cc3)CC2)CCC(C)(C)C1)C(F)F. The van der Waals surface area contributed by atoms with E-state index in [0.29, 0.717) is 84.2 Å². The molecule has 4 aromatic rings. The fourth-order valence-electron chi connectivity index (χ4n) is 12.2. The Labute approximate surface area is 542 Å². The molecule has 7 amide bonds. The second-order valence-corrected chi connectivity index (χ2v) is 29.5. The lowest BCUT2D eigenvalue weighted by atomic mass is 9.73. The van der Waals surface area contributed by atoms with E-state index in [1.807, 2.05) is 22.9 Å². The van der Waals surface area contributed by atoms with Crippen LogP contribution in [0.5, 0.6) is 0 Å². The zero-order valence-corrected chi connectivity index (χ0v) is 54.2.